The third-order valence-corrected chi connectivity index (χ3v) is 5.66. The van der Waals surface area contributed by atoms with E-state index in [1.165, 1.54) is 4.57 Å². The van der Waals surface area contributed by atoms with E-state index in [1.54, 1.807) is 31.3 Å². The van der Waals surface area contributed by atoms with Crippen LogP contribution in [0.4, 0.5) is 5.69 Å². The van der Waals surface area contributed by atoms with Crippen molar-refractivity contribution in [2.45, 2.75) is 19.9 Å². The van der Waals surface area contributed by atoms with Gasteiger partial charge in [0.05, 0.1) is 22.5 Å². The molecule has 4 aromatic rings. The SMILES string of the molecule is C#Cc1ccc(-c2nc3c([C@@H](C)Nc4ccccc4C(=O)O)cc(C)cc3c(=O)n2C)cc1. The first-order valence-corrected chi connectivity index (χ1v) is 10.5. The van der Waals surface area contributed by atoms with Gasteiger partial charge in [-0.3, -0.25) is 9.36 Å². The topological polar surface area (TPSA) is 84.2 Å². The Kier molecular flexibility index (Phi) is 5.72. The van der Waals surface area contributed by atoms with E-state index in [-0.39, 0.29) is 17.2 Å². The summed E-state index contributed by atoms with van der Waals surface area (Å²) in [7, 11) is 1.70. The molecule has 0 amide bonds. The Morgan fingerprint density at radius 2 is 1.85 bits per heavy atom. The molecule has 33 heavy (non-hydrogen) atoms. The van der Waals surface area contributed by atoms with Gasteiger partial charge in [-0.05, 0) is 49.7 Å². The Morgan fingerprint density at radius 3 is 2.52 bits per heavy atom. The van der Waals surface area contributed by atoms with E-state index >= 15 is 0 Å². The second kappa shape index (κ2) is 8.64. The summed E-state index contributed by atoms with van der Waals surface area (Å²) in [4.78, 5) is 29.8. The summed E-state index contributed by atoms with van der Waals surface area (Å²) in [6.45, 7) is 3.85. The van der Waals surface area contributed by atoms with Crippen molar-refractivity contribution in [3.8, 4) is 23.7 Å². The highest BCUT2D eigenvalue weighted by Crippen LogP contribution is 2.29. The van der Waals surface area contributed by atoms with Crippen LogP contribution in [0.15, 0.2) is 65.5 Å². The Bertz CT molecular complexity index is 1480. The average molecular weight is 437 g/mol. The number of aromatic nitrogens is 2. The van der Waals surface area contributed by atoms with Gasteiger partial charge in [-0.1, -0.05) is 36.3 Å². The second-order valence-electron chi connectivity index (χ2n) is 7.99. The van der Waals surface area contributed by atoms with Crippen molar-refractivity contribution in [3.05, 3.63) is 93.3 Å². The lowest BCUT2D eigenvalue weighted by atomic mass is 10.00. The van der Waals surface area contributed by atoms with Crippen molar-refractivity contribution in [2.75, 3.05) is 5.32 Å². The third-order valence-electron chi connectivity index (χ3n) is 5.66. The highest BCUT2D eigenvalue weighted by atomic mass is 16.4. The standard InChI is InChI=1S/C27H23N3O3/c1-5-18-10-12-19(13-11-18)25-29-24-21(14-16(2)15-22(24)26(31)30(25)4)17(3)28-23-9-7-6-8-20(23)27(32)33/h1,6-15,17,28H,2-4H3,(H,32,33)/t17-/m1/s1. The van der Waals surface area contributed by atoms with Crippen molar-refractivity contribution in [3.63, 3.8) is 0 Å². The number of carbonyl (C=O) groups is 1. The van der Waals surface area contributed by atoms with Crippen molar-refractivity contribution in [2.24, 2.45) is 7.05 Å². The number of benzene rings is 3. The van der Waals surface area contributed by atoms with Gasteiger partial charge in [0.1, 0.15) is 5.82 Å². The van der Waals surface area contributed by atoms with Crippen LogP contribution >= 0.6 is 0 Å². The molecular formula is C27H23N3O3. The van der Waals surface area contributed by atoms with Gasteiger partial charge in [0.15, 0.2) is 0 Å². The molecule has 2 N–H and O–H groups in total. The lowest BCUT2D eigenvalue weighted by molar-refractivity contribution is 0.0698. The fourth-order valence-electron chi connectivity index (χ4n) is 3.96. The first-order valence-electron chi connectivity index (χ1n) is 10.5. The summed E-state index contributed by atoms with van der Waals surface area (Å²) in [6.07, 6.45) is 5.46. The van der Waals surface area contributed by atoms with Gasteiger partial charge in [-0.2, -0.15) is 0 Å². The van der Waals surface area contributed by atoms with E-state index in [2.05, 4.69) is 11.2 Å². The highest BCUT2D eigenvalue weighted by molar-refractivity contribution is 5.94. The predicted molar refractivity (Wildman–Crippen MR) is 131 cm³/mol. The molecule has 0 aliphatic carbocycles. The van der Waals surface area contributed by atoms with Crippen molar-refractivity contribution >= 4 is 22.6 Å². The molecular weight excluding hydrogens is 414 g/mol. The van der Waals surface area contributed by atoms with Crippen LogP contribution in [0, 0.1) is 19.3 Å². The lowest BCUT2D eigenvalue weighted by Crippen LogP contribution is -2.22. The van der Waals surface area contributed by atoms with Gasteiger partial charge >= 0.3 is 5.97 Å². The molecule has 0 spiro atoms. The normalized spacial score (nSPS) is 11.7. The Morgan fingerprint density at radius 1 is 1.15 bits per heavy atom. The molecule has 0 aliphatic rings. The lowest BCUT2D eigenvalue weighted by Gasteiger charge is -2.20. The fourth-order valence-corrected chi connectivity index (χ4v) is 3.96. The van der Waals surface area contributed by atoms with Crippen LogP contribution in [-0.4, -0.2) is 20.6 Å². The maximum absolute atomic E-state index is 13.3. The molecule has 6 nitrogen and oxygen atoms in total. The smallest absolute Gasteiger partial charge is 0.337 e. The van der Waals surface area contributed by atoms with Gasteiger partial charge in [-0.15, -0.1) is 6.42 Å². The first kappa shape index (κ1) is 21.8. The van der Waals surface area contributed by atoms with Gasteiger partial charge in [0.25, 0.3) is 5.56 Å². The third kappa shape index (κ3) is 4.09. The molecule has 4 rings (SSSR count). The Balaban J connectivity index is 1.88. The zero-order valence-corrected chi connectivity index (χ0v) is 18.6. The minimum absolute atomic E-state index is 0.154. The number of fused-ring (bicyclic) bond motifs is 1. The number of hydrogen-bond donors (Lipinski definition) is 2. The van der Waals surface area contributed by atoms with Gasteiger partial charge < -0.3 is 10.4 Å². The van der Waals surface area contributed by atoms with Crippen LogP contribution < -0.4 is 10.9 Å². The monoisotopic (exact) mass is 437 g/mol. The van der Waals surface area contributed by atoms with Crippen LogP contribution in [0.3, 0.4) is 0 Å². The maximum atomic E-state index is 13.3. The number of anilines is 1. The first-order chi connectivity index (χ1) is 15.8. The minimum Gasteiger partial charge on any atom is -0.478 e. The van der Waals surface area contributed by atoms with E-state index in [9.17, 15) is 14.7 Å². The van der Waals surface area contributed by atoms with E-state index in [1.807, 2.05) is 50.2 Å². The van der Waals surface area contributed by atoms with Crippen molar-refractivity contribution in [1.29, 1.82) is 0 Å². The molecule has 0 bridgehead atoms. The minimum atomic E-state index is -1.01. The van der Waals surface area contributed by atoms with E-state index < -0.39 is 5.97 Å². The van der Waals surface area contributed by atoms with Crippen LogP contribution in [0.25, 0.3) is 22.3 Å². The number of carboxylic acid groups (broad SMARTS) is 1. The van der Waals surface area contributed by atoms with Gasteiger partial charge in [0.2, 0.25) is 0 Å². The fraction of sp³-hybridized carbons (Fsp3) is 0.148. The summed E-state index contributed by atoms with van der Waals surface area (Å²) < 4.78 is 1.54. The molecule has 1 heterocycles. The predicted octanol–water partition coefficient (Wildman–Crippen LogP) is 4.76. The molecule has 0 saturated heterocycles. The van der Waals surface area contributed by atoms with Crippen LogP contribution in [0.5, 0.6) is 0 Å². The summed E-state index contributed by atoms with van der Waals surface area (Å²) in [5.41, 5.74) is 4.36. The average Bonchev–Trinajstić information content (AvgIpc) is 2.81. The molecule has 0 fully saturated rings. The van der Waals surface area contributed by atoms with E-state index in [0.717, 1.165) is 22.3 Å². The molecule has 164 valence electrons. The molecule has 1 atom stereocenters. The van der Waals surface area contributed by atoms with Crippen LogP contribution in [0.1, 0.15) is 40.0 Å². The van der Waals surface area contributed by atoms with Crippen molar-refractivity contribution < 1.29 is 9.90 Å². The second-order valence-corrected chi connectivity index (χ2v) is 7.99. The summed E-state index contributed by atoms with van der Waals surface area (Å²) >= 11 is 0. The molecule has 0 radical (unpaired) electrons. The number of nitrogens with one attached hydrogen (secondary N) is 1. The number of rotatable bonds is 5. The maximum Gasteiger partial charge on any atom is 0.337 e. The number of para-hydroxylation sites is 1. The number of aryl methyl sites for hydroxylation is 1. The molecule has 1 aromatic heterocycles. The summed E-state index contributed by atoms with van der Waals surface area (Å²) in [6, 6.07) is 17.6. The van der Waals surface area contributed by atoms with Crippen LogP contribution in [0.2, 0.25) is 0 Å². The van der Waals surface area contributed by atoms with E-state index in [0.29, 0.717) is 22.4 Å². The molecule has 6 heteroatoms. The number of nitrogens with zero attached hydrogens (tertiary/aromatic N) is 2. The van der Waals surface area contributed by atoms with Crippen molar-refractivity contribution in [1.82, 2.24) is 9.55 Å². The van der Waals surface area contributed by atoms with Gasteiger partial charge in [0, 0.05) is 29.4 Å². The number of hydrogen-bond acceptors (Lipinski definition) is 4. The zero-order chi connectivity index (χ0) is 23.7. The molecule has 3 aromatic carbocycles. The Labute approximate surface area is 191 Å². The highest BCUT2D eigenvalue weighted by Gasteiger charge is 2.19. The zero-order valence-electron chi connectivity index (χ0n) is 18.6. The summed E-state index contributed by atoms with van der Waals surface area (Å²) in [5.74, 6) is 2.11. The molecule has 0 unspecified atom stereocenters. The van der Waals surface area contributed by atoms with Crippen LogP contribution in [-0.2, 0) is 7.05 Å². The number of aromatic carboxylic acids is 1. The van der Waals surface area contributed by atoms with Gasteiger partial charge in [-0.25, -0.2) is 9.78 Å². The van der Waals surface area contributed by atoms with E-state index in [4.69, 9.17) is 11.4 Å². The molecule has 0 saturated carbocycles. The molecule has 0 aliphatic heterocycles. The Hall–Kier alpha value is -4.37. The summed E-state index contributed by atoms with van der Waals surface area (Å²) in [5, 5.41) is 13.3. The number of terminal acetylenes is 1. The largest absolute Gasteiger partial charge is 0.478 e. The number of carboxylic acids is 1. The quantitative estimate of drug-likeness (QED) is 0.440.